The van der Waals surface area contributed by atoms with Crippen molar-refractivity contribution in [1.82, 2.24) is 5.32 Å². The standard InChI is InChI=1S/C11H12BrNO2/c12-7-15-10-3-1-2-8(6-10)11(14)13-9-4-5-9/h1-3,6,9H,4-5,7H2,(H,13,14). The summed E-state index contributed by atoms with van der Waals surface area (Å²) in [6.45, 7) is 0. The van der Waals surface area contributed by atoms with Crippen molar-refractivity contribution >= 4 is 21.8 Å². The summed E-state index contributed by atoms with van der Waals surface area (Å²) in [5.74, 6) is 0.688. The molecular formula is C11H12BrNO2. The van der Waals surface area contributed by atoms with Crippen LogP contribution in [0.3, 0.4) is 0 Å². The number of carbonyl (C=O) groups excluding carboxylic acids is 1. The fraction of sp³-hybridized carbons (Fsp3) is 0.364. The van der Waals surface area contributed by atoms with Gasteiger partial charge in [-0.25, -0.2) is 0 Å². The van der Waals surface area contributed by atoms with Gasteiger partial charge in [0.2, 0.25) is 0 Å². The minimum Gasteiger partial charge on any atom is -0.482 e. The Balaban J connectivity index is 2.05. The van der Waals surface area contributed by atoms with Crippen molar-refractivity contribution in [3.8, 4) is 5.75 Å². The molecule has 1 fully saturated rings. The molecule has 1 aromatic rings. The Kier molecular flexibility index (Phi) is 3.26. The maximum absolute atomic E-state index is 11.7. The fourth-order valence-electron chi connectivity index (χ4n) is 1.29. The summed E-state index contributed by atoms with van der Waals surface area (Å²) in [5.41, 5.74) is 1.08. The summed E-state index contributed by atoms with van der Waals surface area (Å²) < 4.78 is 5.25. The van der Waals surface area contributed by atoms with Crippen molar-refractivity contribution in [2.45, 2.75) is 18.9 Å². The van der Waals surface area contributed by atoms with Gasteiger partial charge in [0.05, 0.1) is 0 Å². The molecule has 0 radical (unpaired) electrons. The van der Waals surface area contributed by atoms with E-state index in [1.165, 1.54) is 0 Å². The van der Waals surface area contributed by atoms with Crippen molar-refractivity contribution in [1.29, 1.82) is 0 Å². The molecule has 15 heavy (non-hydrogen) atoms. The predicted octanol–water partition coefficient (Wildman–Crippen LogP) is 2.31. The molecule has 0 spiro atoms. The zero-order chi connectivity index (χ0) is 10.7. The van der Waals surface area contributed by atoms with Gasteiger partial charge in [0.25, 0.3) is 5.91 Å². The van der Waals surface area contributed by atoms with Gasteiger partial charge >= 0.3 is 0 Å². The maximum Gasteiger partial charge on any atom is 0.251 e. The quantitative estimate of drug-likeness (QED) is 0.852. The minimum atomic E-state index is -0.0162. The molecular weight excluding hydrogens is 258 g/mol. The minimum absolute atomic E-state index is 0.0162. The summed E-state index contributed by atoms with van der Waals surface area (Å²) in [4.78, 5) is 11.7. The lowest BCUT2D eigenvalue weighted by Gasteiger charge is -2.05. The molecule has 1 aliphatic carbocycles. The maximum atomic E-state index is 11.7. The molecule has 0 heterocycles. The first-order valence-corrected chi connectivity index (χ1v) is 6.01. The van der Waals surface area contributed by atoms with Crippen LogP contribution in [0.5, 0.6) is 5.75 Å². The first-order valence-electron chi connectivity index (χ1n) is 4.89. The highest BCUT2D eigenvalue weighted by molar-refractivity contribution is 9.09. The average molecular weight is 270 g/mol. The molecule has 1 amide bonds. The highest BCUT2D eigenvalue weighted by Gasteiger charge is 2.23. The second-order valence-electron chi connectivity index (χ2n) is 3.53. The molecule has 0 saturated heterocycles. The van der Waals surface area contributed by atoms with E-state index in [-0.39, 0.29) is 5.91 Å². The largest absolute Gasteiger partial charge is 0.482 e. The van der Waals surface area contributed by atoms with Crippen LogP contribution in [0.4, 0.5) is 0 Å². The van der Waals surface area contributed by atoms with Crippen LogP contribution in [-0.2, 0) is 0 Å². The Morgan fingerprint density at radius 3 is 3.00 bits per heavy atom. The molecule has 1 N–H and O–H groups in total. The number of carbonyl (C=O) groups is 1. The van der Waals surface area contributed by atoms with Gasteiger partial charge in [-0.05, 0) is 47.0 Å². The van der Waals surface area contributed by atoms with E-state index in [9.17, 15) is 4.79 Å². The Hall–Kier alpha value is -1.03. The van der Waals surface area contributed by atoms with Crippen LogP contribution in [0.15, 0.2) is 24.3 Å². The van der Waals surface area contributed by atoms with E-state index in [1.807, 2.05) is 12.1 Å². The molecule has 1 aromatic carbocycles. The lowest BCUT2D eigenvalue weighted by Crippen LogP contribution is -2.25. The molecule has 0 aromatic heterocycles. The SMILES string of the molecule is O=C(NC1CC1)c1cccc(OCBr)c1. The van der Waals surface area contributed by atoms with Gasteiger partial charge in [0, 0.05) is 11.6 Å². The lowest BCUT2D eigenvalue weighted by molar-refractivity contribution is 0.0950. The van der Waals surface area contributed by atoms with Crippen molar-refractivity contribution in [2.24, 2.45) is 0 Å². The Morgan fingerprint density at radius 1 is 1.53 bits per heavy atom. The van der Waals surface area contributed by atoms with Crippen LogP contribution in [0.1, 0.15) is 23.2 Å². The molecule has 4 heteroatoms. The van der Waals surface area contributed by atoms with Gasteiger partial charge in [-0.1, -0.05) is 6.07 Å². The number of rotatable bonds is 4. The summed E-state index contributed by atoms with van der Waals surface area (Å²) in [7, 11) is 0. The van der Waals surface area contributed by atoms with Crippen LogP contribution in [-0.4, -0.2) is 17.5 Å². The van der Waals surface area contributed by atoms with Crippen LogP contribution >= 0.6 is 15.9 Å². The number of ether oxygens (including phenoxy) is 1. The average Bonchev–Trinajstić information content (AvgIpc) is 3.03. The summed E-state index contributed by atoms with van der Waals surface area (Å²) in [6, 6.07) is 7.57. The van der Waals surface area contributed by atoms with Crippen LogP contribution in [0.25, 0.3) is 0 Å². The number of nitrogens with one attached hydrogen (secondary N) is 1. The number of hydrogen-bond donors (Lipinski definition) is 1. The first kappa shape index (κ1) is 10.5. The van der Waals surface area contributed by atoms with E-state index < -0.39 is 0 Å². The van der Waals surface area contributed by atoms with Gasteiger partial charge in [0.1, 0.15) is 11.3 Å². The van der Waals surface area contributed by atoms with Gasteiger partial charge in [-0.2, -0.15) is 0 Å². The van der Waals surface area contributed by atoms with Gasteiger partial charge < -0.3 is 10.1 Å². The van der Waals surface area contributed by atoms with E-state index in [0.29, 0.717) is 22.9 Å². The smallest absolute Gasteiger partial charge is 0.251 e. The van der Waals surface area contributed by atoms with E-state index in [1.54, 1.807) is 12.1 Å². The van der Waals surface area contributed by atoms with Crippen molar-refractivity contribution in [2.75, 3.05) is 5.52 Å². The third-order valence-electron chi connectivity index (χ3n) is 2.23. The van der Waals surface area contributed by atoms with E-state index in [2.05, 4.69) is 21.2 Å². The Labute approximate surface area is 96.9 Å². The lowest BCUT2D eigenvalue weighted by atomic mass is 10.2. The monoisotopic (exact) mass is 269 g/mol. The van der Waals surface area contributed by atoms with Crippen LogP contribution in [0.2, 0.25) is 0 Å². The molecule has 2 rings (SSSR count). The highest BCUT2D eigenvalue weighted by atomic mass is 79.9. The Morgan fingerprint density at radius 2 is 2.33 bits per heavy atom. The normalized spacial score (nSPS) is 14.7. The molecule has 0 unspecified atom stereocenters. The predicted molar refractivity (Wildman–Crippen MR) is 61.4 cm³/mol. The van der Waals surface area contributed by atoms with Gasteiger partial charge in [-0.3, -0.25) is 4.79 Å². The van der Waals surface area contributed by atoms with Gasteiger partial charge in [-0.15, -0.1) is 0 Å². The van der Waals surface area contributed by atoms with Crippen molar-refractivity contribution in [3.63, 3.8) is 0 Å². The fourth-order valence-corrected chi connectivity index (χ4v) is 1.55. The van der Waals surface area contributed by atoms with Crippen molar-refractivity contribution in [3.05, 3.63) is 29.8 Å². The number of halogens is 1. The molecule has 1 saturated carbocycles. The molecule has 0 atom stereocenters. The molecule has 0 bridgehead atoms. The number of alkyl halides is 1. The summed E-state index contributed by atoms with van der Waals surface area (Å²) in [5, 5.41) is 2.93. The number of benzene rings is 1. The number of amides is 1. The third-order valence-corrected chi connectivity index (χ3v) is 2.46. The first-order chi connectivity index (χ1) is 7.29. The second kappa shape index (κ2) is 4.66. The van der Waals surface area contributed by atoms with Crippen LogP contribution in [0, 0.1) is 0 Å². The van der Waals surface area contributed by atoms with Gasteiger partial charge in [0.15, 0.2) is 0 Å². The Bertz CT molecular complexity index is 363. The molecule has 3 nitrogen and oxygen atoms in total. The number of hydrogen-bond acceptors (Lipinski definition) is 2. The van der Waals surface area contributed by atoms with E-state index >= 15 is 0 Å². The van der Waals surface area contributed by atoms with E-state index in [0.717, 1.165) is 12.8 Å². The second-order valence-corrected chi connectivity index (χ2v) is 3.99. The molecule has 80 valence electrons. The van der Waals surface area contributed by atoms with Crippen molar-refractivity contribution < 1.29 is 9.53 Å². The zero-order valence-corrected chi connectivity index (χ0v) is 9.79. The van der Waals surface area contributed by atoms with Crippen LogP contribution < -0.4 is 10.1 Å². The zero-order valence-electron chi connectivity index (χ0n) is 8.20. The third kappa shape index (κ3) is 2.96. The molecule has 0 aliphatic heterocycles. The van der Waals surface area contributed by atoms with E-state index in [4.69, 9.17) is 4.74 Å². The summed E-state index contributed by atoms with van der Waals surface area (Å²) in [6.07, 6.45) is 2.20. The summed E-state index contributed by atoms with van der Waals surface area (Å²) >= 11 is 3.18. The topological polar surface area (TPSA) is 38.3 Å². The highest BCUT2D eigenvalue weighted by Crippen LogP contribution is 2.20. The molecule has 1 aliphatic rings.